The van der Waals surface area contributed by atoms with Gasteiger partial charge in [-0.25, -0.2) is 4.68 Å². The number of fused-ring (bicyclic) bond motifs is 3. The molecule has 0 saturated heterocycles. The Kier molecular flexibility index (Phi) is 3.97. The van der Waals surface area contributed by atoms with Crippen LogP contribution < -0.4 is 5.32 Å². The Balaban J connectivity index is 1.28. The summed E-state index contributed by atoms with van der Waals surface area (Å²) in [4.78, 5) is 12.6. The second-order valence-electron chi connectivity index (χ2n) is 7.09. The van der Waals surface area contributed by atoms with Crippen molar-refractivity contribution in [1.29, 1.82) is 0 Å². The molecule has 1 fully saturated rings. The van der Waals surface area contributed by atoms with E-state index in [1.165, 1.54) is 34.0 Å². The number of carbonyl (C=O) groups is 1. The SMILES string of the molecule is CC(Sc1nnnn1C1CC1)C(=O)Nc1ccc2c(c1)Cc1ccccc1-2. The number of anilines is 1. The summed E-state index contributed by atoms with van der Waals surface area (Å²) in [6.45, 7) is 1.88. The predicted octanol–water partition coefficient (Wildman–Crippen LogP) is 3.70. The van der Waals surface area contributed by atoms with Gasteiger partial charge in [-0.05, 0) is 71.0 Å². The van der Waals surface area contributed by atoms with Gasteiger partial charge in [-0.3, -0.25) is 4.79 Å². The van der Waals surface area contributed by atoms with Crippen LogP contribution in [0.4, 0.5) is 5.69 Å². The maximum absolute atomic E-state index is 12.6. The standard InChI is InChI=1S/C20H19N5OS/c1-12(27-20-22-23-24-25(20)16-7-8-16)19(26)21-15-6-9-18-14(11-15)10-13-4-2-3-5-17(13)18/h2-6,9,11-12,16H,7-8,10H2,1H3,(H,21,26). The van der Waals surface area contributed by atoms with Gasteiger partial charge in [0, 0.05) is 5.69 Å². The van der Waals surface area contributed by atoms with Gasteiger partial charge in [0.05, 0.1) is 11.3 Å². The van der Waals surface area contributed by atoms with E-state index in [-0.39, 0.29) is 11.2 Å². The van der Waals surface area contributed by atoms with E-state index in [9.17, 15) is 4.79 Å². The molecule has 1 amide bonds. The summed E-state index contributed by atoms with van der Waals surface area (Å²) in [5.41, 5.74) is 5.98. The third-order valence-electron chi connectivity index (χ3n) is 5.07. The van der Waals surface area contributed by atoms with Gasteiger partial charge in [0.1, 0.15) is 0 Å². The summed E-state index contributed by atoms with van der Waals surface area (Å²) >= 11 is 1.40. The van der Waals surface area contributed by atoms with Crippen molar-refractivity contribution < 1.29 is 4.79 Å². The van der Waals surface area contributed by atoms with Crippen LogP contribution in [-0.4, -0.2) is 31.4 Å². The summed E-state index contributed by atoms with van der Waals surface area (Å²) in [6.07, 6.45) is 3.13. The molecule has 0 spiro atoms. The van der Waals surface area contributed by atoms with Crippen LogP contribution in [-0.2, 0) is 11.2 Å². The maximum atomic E-state index is 12.6. The normalized spacial score (nSPS) is 15.9. The zero-order valence-electron chi connectivity index (χ0n) is 14.9. The highest BCUT2D eigenvalue weighted by Gasteiger charge is 2.29. The molecule has 0 aliphatic heterocycles. The smallest absolute Gasteiger partial charge is 0.237 e. The molecule has 1 N–H and O–H groups in total. The van der Waals surface area contributed by atoms with Crippen molar-refractivity contribution in [3.8, 4) is 11.1 Å². The molecule has 136 valence electrons. The van der Waals surface area contributed by atoms with Gasteiger partial charge in [-0.15, -0.1) is 5.10 Å². The van der Waals surface area contributed by atoms with Gasteiger partial charge >= 0.3 is 0 Å². The number of nitrogens with one attached hydrogen (secondary N) is 1. The highest BCUT2D eigenvalue weighted by molar-refractivity contribution is 8.00. The van der Waals surface area contributed by atoms with Crippen LogP contribution in [0.25, 0.3) is 11.1 Å². The Morgan fingerprint density at radius 1 is 1.19 bits per heavy atom. The summed E-state index contributed by atoms with van der Waals surface area (Å²) in [6, 6.07) is 15.0. The minimum Gasteiger partial charge on any atom is -0.325 e. The largest absolute Gasteiger partial charge is 0.325 e. The molecular weight excluding hydrogens is 358 g/mol. The quantitative estimate of drug-likeness (QED) is 0.537. The lowest BCUT2D eigenvalue weighted by Crippen LogP contribution is -2.23. The highest BCUT2D eigenvalue weighted by Crippen LogP contribution is 2.38. The van der Waals surface area contributed by atoms with Crippen molar-refractivity contribution in [2.24, 2.45) is 0 Å². The first-order valence-corrected chi connectivity index (χ1v) is 10.0. The highest BCUT2D eigenvalue weighted by atomic mass is 32.2. The van der Waals surface area contributed by atoms with Gasteiger partial charge < -0.3 is 5.32 Å². The molecule has 2 aliphatic carbocycles. The van der Waals surface area contributed by atoms with Crippen molar-refractivity contribution >= 4 is 23.4 Å². The number of carbonyl (C=O) groups excluding carboxylic acids is 1. The number of hydrogen-bond acceptors (Lipinski definition) is 5. The molecule has 1 heterocycles. The lowest BCUT2D eigenvalue weighted by molar-refractivity contribution is -0.115. The third kappa shape index (κ3) is 3.12. The van der Waals surface area contributed by atoms with Gasteiger partial charge in [0.2, 0.25) is 11.1 Å². The van der Waals surface area contributed by atoms with Gasteiger partial charge in [-0.1, -0.05) is 42.1 Å². The number of aromatic nitrogens is 4. The number of rotatable bonds is 5. The van der Waals surface area contributed by atoms with Crippen LogP contribution in [0.1, 0.15) is 36.9 Å². The fraction of sp³-hybridized carbons (Fsp3) is 0.300. The molecule has 1 saturated carbocycles. The third-order valence-corrected chi connectivity index (χ3v) is 6.12. The summed E-state index contributed by atoms with van der Waals surface area (Å²) in [5.74, 6) is -0.0409. The topological polar surface area (TPSA) is 72.7 Å². The van der Waals surface area contributed by atoms with Crippen LogP contribution in [0.15, 0.2) is 47.6 Å². The lowest BCUT2D eigenvalue weighted by Gasteiger charge is -2.12. The van der Waals surface area contributed by atoms with Gasteiger partial charge in [0.25, 0.3) is 0 Å². The molecule has 7 heteroatoms. The number of nitrogens with zero attached hydrogens (tertiary/aromatic N) is 4. The molecule has 5 rings (SSSR count). The zero-order chi connectivity index (χ0) is 18.4. The van der Waals surface area contributed by atoms with E-state index in [0.717, 1.165) is 24.9 Å². The van der Waals surface area contributed by atoms with E-state index in [1.54, 1.807) is 0 Å². The Hall–Kier alpha value is -2.67. The molecule has 6 nitrogen and oxygen atoms in total. The molecular formula is C20H19N5OS. The van der Waals surface area contributed by atoms with Gasteiger partial charge in [0.15, 0.2) is 0 Å². The fourth-order valence-electron chi connectivity index (χ4n) is 3.49. The van der Waals surface area contributed by atoms with Crippen LogP contribution in [0.3, 0.4) is 0 Å². The van der Waals surface area contributed by atoms with E-state index in [2.05, 4.69) is 57.2 Å². The molecule has 1 atom stereocenters. The molecule has 3 aromatic rings. The number of thioether (sulfide) groups is 1. The van der Waals surface area contributed by atoms with Crippen LogP contribution in [0.2, 0.25) is 0 Å². The number of amides is 1. The summed E-state index contributed by atoms with van der Waals surface area (Å²) in [5, 5.41) is 15.3. The van der Waals surface area contributed by atoms with Crippen molar-refractivity contribution in [1.82, 2.24) is 20.2 Å². The Bertz CT molecular complexity index is 1030. The Morgan fingerprint density at radius 3 is 2.85 bits per heavy atom. The fourth-order valence-corrected chi connectivity index (χ4v) is 4.35. The molecule has 2 aliphatic rings. The summed E-state index contributed by atoms with van der Waals surface area (Å²) < 4.78 is 1.83. The predicted molar refractivity (Wildman–Crippen MR) is 105 cm³/mol. The molecule has 1 aromatic heterocycles. The first-order valence-electron chi connectivity index (χ1n) is 9.15. The van der Waals surface area contributed by atoms with Gasteiger partial charge in [-0.2, -0.15) is 0 Å². The average Bonchev–Trinajstić information content (AvgIpc) is 3.30. The molecule has 0 bridgehead atoms. The summed E-state index contributed by atoms with van der Waals surface area (Å²) in [7, 11) is 0. The first kappa shape index (κ1) is 16.5. The lowest BCUT2D eigenvalue weighted by atomic mass is 10.1. The number of tetrazole rings is 1. The molecule has 27 heavy (non-hydrogen) atoms. The van der Waals surface area contributed by atoms with E-state index in [4.69, 9.17) is 0 Å². The average molecular weight is 377 g/mol. The second-order valence-corrected chi connectivity index (χ2v) is 8.40. The van der Waals surface area contributed by atoms with Crippen LogP contribution in [0, 0.1) is 0 Å². The van der Waals surface area contributed by atoms with E-state index in [0.29, 0.717) is 11.2 Å². The minimum absolute atomic E-state index is 0.0409. The second kappa shape index (κ2) is 6.49. The zero-order valence-corrected chi connectivity index (χ0v) is 15.7. The van der Waals surface area contributed by atoms with Crippen molar-refractivity contribution in [2.75, 3.05) is 5.32 Å². The molecule has 1 unspecified atom stereocenters. The molecule has 0 radical (unpaired) electrons. The van der Waals surface area contributed by atoms with Crippen molar-refractivity contribution in [2.45, 2.75) is 42.6 Å². The van der Waals surface area contributed by atoms with E-state index < -0.39 is 0 Å². The van der Waals surface area contributed by atoms with Crippen LogP contribution in [0.5, 0.6) is 0 Å². The van der Waals surface area contributed by atoms with Crippen LogP contribution >= 0.6 is 11.8 Å². The van der Waals surface area contributed by atoms with Crippen molar-refractivity contribution in [3.05, 3.63) is 53.6 Å². The molecule has 2 aromatic carbocycles. The van der Waals surface area contributed by atoms with E-state index >= 15 is 0 Å². The number of benzene rings is 2. The van der Waals surface area contributed by atoms with E-state index in [1.807, 2.05) is 17.7 Å². The maximum Gasteiger partial charge on any atom is 0.237 e. The minimum atomic E-state index is -0.279. The first-order chi connectivity index (χ1) is 13.2. The Morgan fingerprint density at radius 2 is 2.00 bits per heavy atom. The Labute approximate surface area is 161 Å². The monoisotopic (exact) mass is 377 g/mol. The number of hydrogen-bond donors (Lipinski definition) is 1. The van der Waals surface area contributed by atoms with Crippen molar-refractivity contribution in [3.63, 3.8) is 0 Å².